The van der Waals surface area contributed by atoms with Gasteiger partial charge in [0.05, 0.1) is 19.7 Å². The first-order chi connectivity index (χ1) is 9.65. The largest absolute Gasteiger partial charge is 0.493 e. The highest BCUT2D eigenvalue weighted by molar-refractivity contribution is 5.85. The van der Waals surface area contributed by atoms with E-state index in [1.807, 2.05) is 40.7 Å². The van der Waals surface area contributed by atoms with Gasteiger partial charge in [-0.15, -0.1) is 0 Å². The number of nitrogens with one attached hydrogen (secondary N) is 1. The summed E-state index contributed by atoms with van der Waals surface area (Å²) >= 11 is 0. The highest BCUT2D eigenvalue weighted by atomic mass is 16.5. The van der Waals surface area contributed by atoms with Crippen LogP contribution in [0.1, 0.15) is 33.3 Å². The molecule has 0 aliphatic rings. The number of fused-ring (bicyclic) bond motifs is 1. The van der Waals surface area contributed by atoms with Crippen LogP contribution in [0, 0.1) is 6.92 Å². The van der Waals surface area contributed by atoms with Gasteiger partial charge in [0.25, 0.3) is 0 Å². The van der Waals surface area contributed by atoms with E-state index < -0.39 is 0 Å². The number of benzene rings is 1. The predicted octanol–water partition coefficient (Wildman–Crippen LogP) is 3.91. The number of hydrogen-bond acceptors (Lipinski definition) is 3. The molecule has 0 aliphatic heterocycles. The summed E-state index contributed by atoms with van der Waals surface area (Å²) < 4.78 is 10.4. The summed E-state index contributed by atoms with van der Waals surface area (Å²) in [6.45, 7) is 9.89. The molecule has 20 heavy (non-hydrogen) atoms. The van der Waals surface area contributed by atoms with Crippen LogP contribution in [0.3, 0.4) is 0 Å². The number of aromatic amines is 1. The van der Waals surface area contributed by atoms with Gasteiger partial charge < -0.3 is 14.5 Å². The lowest BCUT2D eigenvalue weighted by atomic mass is 10.1. The molecule has 4 nitrogen and oxygen atoms in total. The fourth-order valence-electron chi connectivity index (χ4n) is 1.75. The number of aryl methyl sites for hydroxylation is 1. The Morgan fingerprint density at radius 1 is 0.900 bits per heavy atom. The predicted molar refractivity (Wildman–Crippen MR) is 85.1 cm³/mol. The smallest absolute Gasteiger partial charge is 0.248 e. The molecule has 2 rings (SSSR count). The Morgan fingerprint density at radius 3 is 1.90 bits per heavy atom. The second kappa shape index (κ2) is 9.02. The van der Waals surface area contributed by atoms with Crippen molar-refractivity contribution in [2.24, 2.45) is 0 Å². The lowest BCUT2D eigenvalue weighted by Crippen LogP contribution is -2.05. The van der Waals surface area contributed by atoms with E-state index in [0.29, 0.717) is 11.5 Å². The molecule has 1 aromatic carbocycles. The molecule has 1 N–H and O–H groups in total. The topological polar surface area (TPSA) is 51.3 Å². The summed E-state index contributed by atoms with van der Waals surface area (Å²) in [4.78, 5) is 14.1. The zero-order valence-electron chi connectivity index (χ0n) is 13.5. The van der Waals surface area contributed by atoms with E-state index in [9.17, 15) is 4.79 Å². The van der Waals surface area contributed by atoms with Crippen LogP contribution in [0.4, 0.5) is 0 Å². The Hall–Kier alpha value is -1.97. The van der Waals surface area contributed by atoms with Gasteiger partial charge in [0.2, 0.25) is 5.56 Å². The van der Waals surface area contributed by atoms with Crippen LogP contribution < -0.4 is 15.0 Å². The first-order valence-electron chi connectivity index (χ1n) is 6.91. The SMILES string of the molecule is CC.CC.COc1cc2[nH]c(=O)cc(C)c2cc1OC. The molecule has 0 bridgehead atoms. The minimum absolute atomic E-state index is 0.114. The van der Waals surface area contributed by atoms with Crippen molar-refractivity contribution in [3.05, 3.63) is 34.1 Å². The van der Waals surface area contributed by atoms with Crippen LogP contribution in [-0.2, 0) is 0 Å². The summed E-state index contributed by atoms with van der Waals surface area (Å²) in [6.07, 6.45) is 0. The average Bonchev–Trinajstić information content (AvgIpc) is 2.50. The summed E-state index contributed by atoms with van der Waals surface area (Å²) in [5, 5.41) is 0.956. The maximum Gasteiger partial charge on any atom is 0.248 e. The summed E-state index contributed by atoms with van der Waals surface area (Å²) in [6, 6.07) is 5.19. The highest BCUT2D eigenvalue weighted by Crippen LogP contribution is 2.31. The van der Waals surface area contributed by atoms with Crippen molar-refractivity contribution < 1.29 is 9.47 Å². The number of H-pyrrole nitrogens is 1. The van der Waals surface area contributed by atoms with Crippen molar-refractivity contribution >= 4 is 10.9 Å². The summed E-state index contributed by atoms with van der Waals surface area (Å²) in [5.74, 6) is 1.27. The van der Waals surface area contributed by atoms with E-state index in [4.69, 9.17) is 9.47 Å². The van der Waals surface area contributed by atoms with Crippen molar-refractivity contribution in [1.82, 2.24) is 4.98 Å². The molecule has 0 spiro atoms. The van der Waals surface area contributed by atoms with E-state index in [1.54, 1.807) is 26.4 Å². The molecule has 0 saturated carbocycles. The third kappa shape index (κ3) is 4.02. The minimum atomic E-state index is -0.114. The molecular formula is C16H25NO3. The Balaban J connectivity index is 0.000000829. The molecule has 0 amide bonds. The molecule has 2 aromatic rings. The number of aromatic nitrogens is 1. The Labute approximate surface area is 120 Å². The monoisotopic (exact) mass is 279 g/mol. The number of hydrogen-bond donors (Lipinski definition) is 1. The van der Waals surface area contributed by atoms with Crippen LogP contribution in [0.15, 0.2) is 23.0 Å². The van der Waals surface area contributed by atoms with Crippen molar-refractivity contribution in [3.63, 3.8) is 0 Å². The minimum Gasteiger partial charge on any atom is -0.493 e. The zero-order valence-corrected chi connectivity index (χ0v) is 13.5. The highest BCUT2D eigenvalue weighted by Gasteiger charge is 2.08. The van der Waals surface area contributed by atoms with Gasteiger partial charge in [-0.05, 0) is 18.6 Å². The first-order valence-corrected chi connectivity index (χ1v) is 6.91. The lowest BCUT2D eigenvalue weighted by molar-refractivity contribution is 0.356. The normalized spacial score (nSPS) is 8.95. The molecule has 0 unspecified atom stereocenters. The number of rotatable bonds is 2. The van der Waals surface area contributed by atoms with Crippen LogP contribution in [0.2, 0.25) is 0 Å². The van der Waals surface area contributed by atoms with E-state index in [2.05, 4.69) is 4.98 Å². The van der Waals surface area contributed by atoms with Gasteiger partial charge in [-0.3, -0.25) is 4.79 Å². The van der Waals surface area contributed by atoms with Crippen molar-refractivity contribution in [3.8, 4) is 11.5 Å². The molecule has 0 radical (unpaired) electrons. The Bertz CT molecular complexity index is 588. The van der Waals surface area contributed by atoms with E-state index in [-0.39, 0.29) is 5.56 Å². The average molecular weight is 279 g/mol. The standard InChI is InChI=1S/C12H13NO3.2C2H6/c1-7-4-12(14)13-9-6-11(16-3)10(15-2)5-8(7)9;2*1-2/h4-6H,1-3H3,(H,13,14);2*1-2H3. The fraction of sp³-hybridized carbons (Fsp3) is 0.438. The van der Waals surface area contributed by atoms with Gasteiger partial charge in [0, 0.05) is 17.5 Å². The lowest BCUT2D eigenvalue weighted by Gasteiger charge is -2.10. The van der Waals surface area contributed by atoms with Gasteiger partial charge in [0.1, 0.15) is 0 Å². The van der Waals surface area contributed by atoms with Gasteiger partial charge in [0.15, 0.2) is 11.5 Å². The fourth-order valence-corrected chi connectivity index (χ4v) is 1.75. The Kier molecular flexibility index (Phi) is 8.13. The van der Waals surface area contributed by atoms with Crippen LogP contribution in [-0.4, -0.2) is 19.2 Å². The summed E-state index contributed by atoms with van der Waals surface area (Å²) in [7, 11) is 3.16. The second-order valence-corrected chi connectivity index (χ2v) is 3.57. The van der Waals surface area contributed by atoms with Crippen molar-refractivity contribution in [1.29, 1.82) is 0 Å². The maximum absolute atomic E-state index is 11.3. The van der Waals surface area contributed by atoms with Crippen LogP contribution >= 0.6 is 0 Å². The van der Waals surface area contributed by atoms with Crippen LogP contribution in [0.25, 0.3) is 10.9 Å². The van der Waals surface area contributed by atoms with Crippen LogP contribution in [0.5, 0.6) is 11.5 Å². The summed E-state index contributed by atoms with van der Waals surface area (Å²) in [5.41, 5.74) is 1.56. The first kappa shape index (κ1) is 18.0. The van der Waals surface area contributed by atoms with E-state index >= 15 is 0 Å². The molecule has 0 aliphatic carbocycles. The third-order valence-corrected chi connectivity index (χ3v) is 2.55. The van der Waals surface area contributed by atoms with E-state index in [1.165, 1.54) is 0 Å². The van der Waals surface area contributed by atoms with Gasteiger partial charge in [-0.2, -0.15) is 0 Å². The van der Waals surface area contributed by atoms with Gasteiger partial charge in [-0.1, -0.05) is 27.7 Å². The molecule has 0 atom stereocenters. The quantitative estimate of drug-likeness (QED) is 0.907. The molecule has 112 valence electrons. The number of methoxy groups -OCH3 is 2. The number of pyridine rings is 1. The second-order valence-electron chi connectivity index (χ2n) is 3.57. The molecule has 0 fully saturated rings. The van der Waals surface area contributed by atoms with Gasteiger partial charge in [-0.25, -0.2) is 0 Å². The Morgan fingerprint density at radius 2 is 1.40 bits per heavy atom. The number of ether oxygens (including phenoxy) is 2. The zero-order chi connectivity index (χ0) is 15.7. The maximum atomic E-state index is 11.3. The third-order valence-electron chi connectivity index (χ3n) is 2.55. The van der Waals surface area contributed by atoms with Crippen molar-refractivity contribution in [2.75, 3.05) is 14.2 Å². The molecule has 0 saturated heterocycles. The molecule has 1 heterocycles. The van der Waals surface area contributed by atoms with Crippen molar-refractivity contribution in [2.45, 2.75) is 34.6 Å². The molecule has 1 aromatic heterocycles. The molecular weight excluding hydrogens is 254 g/mol. The molecule has 4 heteroatoms. The van der Waals surface area contributed by atoms with E-state index in [0.717, 1.165) is 16.5 Å². The van der Waals surface area contributed by atoms with Gasteiger partial charge >= 0.3 is 0 Å².